The van der Waals surface area contributed by atoms with Gasteiger partial charge in [-0.1, -0.05) is 24.3 Å². The highest BCUT2D eigenvalue weighted by Crippen LogP contribution is 2.38. The third kappa shape index (κ3) is 7.54. The van der Waals surface area contributed by atoms with Crippen LogP contribution in [0.2, 0.25) is 0 Å². The van der Waals surface area contributed by atoms with Crippen molar-refractivity contribution in [1.29, 1.82) is 0 Å². The van der Waals surface area contributed by atoms with Gasteiger partial charge in [-0.3, -0.25) is 9.59 Å². The summed E-state index contributed by atoms with van der Waals surface area (Å²) in [6, 6.07) is 11.5. The second kappa shape index (κ2) is 13.3. The van der Waals surface area contributed by atoms with Crippen LogP contribution in [0.15, 0.2) is 54.6 Å². The van der Waals surface area contributed by atoms with Crippen LogP contribution in [0.3, 0.4) is 0 Å². The number of fused-ring (bicyclic) bond motifs is 2. The highest BCUT2D eigenvalue weighted by atomic mass is 35.5. The molecule has 0 unspecified atom stereocenters. The number of amides is 2. The van der Waals surface area contributed by atoms with Gasteiger partial charge in [0.05, 0.1) is 29.4 Å². The van der Waals surface area contributed by atoms with Gasteiger partial charge in [0, 0.05) is 37.8 Å². The van der Waals surface area contributed by atoms with Crippen LogP contribution in [0.25, 0.3) is 0 Å². The maximum absolute atomic E-state index is 13.3. The van der Waals surface area contributed by atoms with Gasteiger partial charge in [0.15, 0.2) is 0 Å². The Morgan fingerprint density at radius 2 is 1.67 bits per heavy atom. The van der Waals surface area contributed by atoms with Crippen molar-refractivity contribution in [2.24, 2.45) is 0 Å². The minimum atomic E-state index is -5.02. The third-order valence-corrected chi connectivity index (χ3v) is 7.70. The summed E-state index contributed by atoms with van der Waals surface area (Å²) in [5.74, 6) is -1.13. The number of aliphatic hydroxyl groups is 1. The molecule has 0 radical (unpaired) electrons. The van der Waals surface area contributed by atoms with Crippen LogP contribution in [0.1, 0.15) is 61.0 Å². The largest absolute Gasteiger partial charge is 0.493 e. The molecule has 0 aliphatic carbocycles. The van der Waals surface area contributed by atoms with E-state index in [1.54, 1.807) is 6.92 Å². The molecular formula is C31H30ClF6N3O4. The molecule has 0 saturated heterocycles. The molecule has 2 aliphatic heterocycles. The van der Waals surface area contributed by atoms with Crippen molar-refractivity contribution in [3.8, 4) is 5.75 Å². The van der Waals surface area contributed by atoms with Crippen molar-refractivity contribution < 1.29 is 45.8 Å². The minimum Gasteiger partial charge on any atom is -0.493 e. The lowest BCUT2D eigenvalue weighted by atomic mass is 9.93. The summed E-state index contributed by atoms with van der Waals surface area (Å²) in [7, 11) is 0. The fraction of sp³-hybridized carbons (Fsp3) is 0.355. The Balaban J connectivity index is 0.00000461. The topological polar surface area (TPSA) is 90.9 Å². The molecule has 3 N–H and O–H groups in total. The van der Waals surface area contributed by atoms with E-state index in [9.17, 15) is 41.0 Å². The number of ether oxygens (including phenoxy) is 1. The molecule has 45 heavy (non-hydrogen) atoms. The Morgan fingerprint density at radius 3 is 2.29 bits per heavy atom. The number of hydrogen-bond donors (Lipinski definition) is 3. The van der Waals surface area contributed by atoms with Crippen LogP contribution in [-0.2, 0) is 38.4 Å². The lowest BCUT2D eigenvalue weighted by molar-refractivity contribution is -0.143. The fourth-order valence-corrected chi connectivity index (χ4v) is 5.50. The molecule has 3 aromatic rings. The maximum atomic E-state index is 13.3. The van der Waals surface area contributed by atoms with E-state index in [-0.39, 0.29) is 66.7 Å². The molecule has 0 bridgehead atoms. The number of rotatable bonds is 8. The molecule has 0 fully saturated rings. The Hall–Kier alpha value is -3.81. The third-order valence-electron chi connectivity index (χ3n) is 7.70. The fourth-order valence-electron chi connectivity index (χ4n) is 5.50. The number of nitrogens with one attached hydrogen (secondary N) is 2. The van der Waals surface area contributed by atoms with E-state index >= 15 is 0 Å². The lowest BCUT2D eigenvalue weighted by Gasteiger charge is -2.30. The standard InChI is InChI=1S/C31H29F6N3O4.ClH/c1-2-44-27-12-23-20(9-24(27)28(42)39-14-26(41)25-10-18-5-3-4-6-19(18)13-38-25)16-40(29(23)43)15-17-7-21(30(32,33)34)11-22(8-17)31(35,36)37;/h3-9,11-12,25-26,38,41H,2,10,13-16H2,1H3,(H,39,42);1H/t25-,26+;/m0./s1. The number of carbonyl (C=O) groups is 2. The number of hydrogen-bond acceptors (Lipinski definition) is 5. The minimum absolute atomic E-state index is 0. The maximum Gasteiger partial charge on any atom is 0.416 e. The van der Waals surface area contributed by atoms with Gasteiger partial charge >= 0.3 is 12.4 Å². The first-order valence-electron chi connectivity index (χ1n) is 13.9. The molecule has 14 heteroatoms. The van der Waals surface area contributed by atoms with Crippen LogP contribution >= 0.6 is 12.4 Å². The summed E-state index contributed by atoms with van der Waals surface area (Å²) in [5, 5.41) is 16.7. The van der Waals surface area contributed by atoms with E-state index in [1.807, 2.05) is 24.3 Å². The molecule has 7 nitrogen and oxygen atoms in total. The van der Waals surface area contributed by atoms with Gasteiger partial charge in [-0.2, -0.15) is 26.3 Å². The van der Waals surface area contributed by atoms with Crippen LogP contribution in [0.4, 0.5) is 26.3 Å². The summed E-state index contributed by atoms with van der Waals surface area (Å²) in [4.78, 5) is 27.5. The number of halogens is 7. The smallest absolute Gasteiger partial charge is 0.416 e. The normalized spacial score (nSPS) is 16.8. The average molecular weight is 658 g/mol. The van der Waals surface area contributed by atoms with Gasteiger partial charge in [0.25, 0.3) is 11.8 Å². The van der Waals surface area contributed by atoms with Gasteiger partial charge in [0.1, 0.15) is 5.75 Å². The van der Waals surface area contributed by atoms with Crippen molar-refractivity contribution in [2.45, 2.75) is 57.5 Å². The molecule has 0 saturated carbocycles. The number of nitrogens with zero attached hydrogens (tertiary/aromatic N) is 1. The zero-order chi connectivity index (χ0) is 31.8. The quantitative estimate of drug-likeness (QED) is 0.278. The molecular weight excluding hydrogens is 628 g/mol. The molecule has 2 aliphatic rings. The van der Waals surface area contributed by atoms with Gasteiger partial charge in [-0.05, 0) is 65.9 Å². The van der Waals surface area contributed by atoms with Gasteiger partial charge in [0.2, 0.25) is 0 Å². The molecule has 5 rings (SSSR count). The van der Waals surface area contributed by atoms with E-state index in [0.29, 0.717) is 30.7 Å². The van der Waals surface area contributed by atoms with Crippen LogP contribution in [0, 0.1) is 0 Å². The predicted octanol–water partition coefficient (Wildman–Crippen LogP) is 5.51. The molecule has 0 spiro atoms. The Kier molecular flexibility index (Phi) is 10.1. The van der Waals surface area contributed by atoms with E-state index < -0.39 is 47.9 Å². The van der Waals surface area contributed by atoms with Gasteiger partial charge < -0.3 is 25.4 Å². The first kappa shape index (κ1) is 34.1. The van der Waals surface area contributed by atoms with Crippen molar-refractivity contribution in [3.63, 3.8) is 0 Å². The van der Waals surface area contributed by atoms with E-state index in [4.69, 9.17) is 4.74 Å². The van der Waals surface area contributed by atoms with Crippen LogP contribution < -0.4 is 15.4 Å². The molecule has 3 aromatic carbocycles. The average Bonchev–Trinajstić information content (AvgIpc) is 3.27. The van der Waals surface area contributed by atoms with Crippen molar-refractivity contribution >= 4 is 24.2 Å². The first-order chi connectivity index (χ1) is 20.7. The number of aliphatic hydroxyl groups excluding tert-OH is 1. The molecule has 2 heterocycles. The van der Waals surface area contributed by atoms with Crippen molar-refractivity contribution in [2.75, 3.05) is 13.2 Å². The number of alkyl halides is 6. The summed E-state index contributed by atoms with van der Waals surface area (Å²) >= 11 is 0. The monoisotopic (exact) mass is 657 g/mol. The van der Waals surface area contributed by atoms with Crippen LogP contribution in [0.5, 0.6) is 5.75 Å². The Bertz CT molecular complexity index is 1550. The van der Waals surface area contributed by atoms with E-state index in [1.165, 1.54) is 12.1 Å². The van der Waals surface area contributed by atoms with Crippen LogP contribution in [-0.4, -0.2) is 47.1 Å². The summed E-state index contributed by atoms with van der Waals surface area (Å²) in [6.45, 7) is 1.65. The number of carbonyl (C=O) groups excluding carboxylic acids is 2. The second-order valence-corrected chi connectivity index (χ2v) is 10.8. The SMILES string of the molecule is CCOc1cc2c(cc1C(=O)NC[C@@H](O)[C@@H]1Cc3ccccc3CN1)CN(Cc1cc(C(F)(F)F)cc(C(F)(F)F)c1)C2=O.Cl. The molecule has 242 valence electrons. The van der Waals surface area contributed by atoms with E-state index in [2.05, 4.69) is 10.6 Å². The zero-order valence-electron chi connectivity index (χ0n) is 23.9. The summed E-state index contributed by atoms with van der Waals surface area (Å²) < 4.78 is 85.6. The molecule has 0 aromatic heterocycles. The lowest BCUT2D eigenvalue weighted by Crippen LogP contribution is -2.49. The second-order valence-electron chi connectivity index (χ2n) is 10.8. The highest BCUT2D eigenvalue weighted by molar-refractivity contribution is 6.03. The van der Waals surface area contributed by atoms with E-state index in [0.717, 1.165) is 16.0 Å². The molecule has 2 amide bonds. The highest BCUT2D eigenvalue weighted by Gasteiger charge is 2.38. The predicted molar refractivity (Wildman–Crippen MR) is 154 cm³/mol. The summed E-state index contributed by atoms with van der Waals surface area (Å²) in [6.07, 6.45) is -10.4. The first-order valence-corrected chi connectivity index (χ1v) is 13.9. The van der Waals surface area contributed by atoms with Crippen molar-refractivity contribution in [3.05, 3.63) is 99.1 Å². The summed E-state index contributed by atoms with van der Waals surface area (Å²) in [5.41, 5.74) is -0.490. The van der Waals surface area contributed by atoms with Crippen molar-refractivity contribution in [1.82, 2.24) is 15.5 Å². The number of benzene rings is 3. The van der Waals surface area contributed by atoms with Gasteiger partial charge in [-0.15, -0.1) is 12.4 Å². The Morgan fingerprint density at radius 1 is 1.02 bits per heavy atom. The zero-order valence-corrected chi connectivity index (χ0v) is 24.7. The molecule has 2 atom stereocenters. The Labute approximate surface area is 261 Å². The van der Waals surface area contributed by atoms with Gasteiger partial charge in [-0.25, -0.2) is 0 Å².